The van der Waals surface area contributed by atoms with Crippen LogP contribution in [0.2, 0.25) is 0 Å². The number of aliphatic imine (C=N–C) groups is 1. The Kier molecular flexibility index (Phi) is 2.93. The third-order valence-electron chi connectivity index (χ3n) is 3.87. The molecule has 1 fully saturated rings. The predicted octanol–water partition coefficient (Wildman–Crippen LogP) is 1.10. The van der Waals surface area contributed by atoms with Crippen molar-refractivity contribution < 1.29 is 9.63 Å². The van der Waals surface area contributed by atoms with E-state index >= 15 is 0 Å². The van der Waals surface area contributed by atoms with Crippen molar-refractivity contribution in [2.24, 2.45) is 4.99 Å². The number of nitrogens with zero attached hydrogens (tertiary/aromatic N) is 4. The SMILES string of the molecule is C=CCON1C(=O)N2C[C@H]1c1scnc1C2C1=NCCN1. The Morgan fingerprint density at radius 2 is 2.52 bits per heavy atom. The molecule has 21 heavy (non-hydrogen) atoms. The van der Waals surface area contributed by atoms with Gasteiger partial charge in [-0.05, 0) is 0 Å². The zero-order valence-electron chi connectivity index (χ0n) is 11.4. The van der Waals surface area contributed by atoms with Crippen LogP contribution >= 0.6 is 11.3 Å². The van der Waals surface area contributed by atoms with Gasteiger partial charge in [0.25, 0.3) is 0 Å². The zero-order chi connectivity index (χ0) is 14.4. The second kappa shape index (κ2) is 4.81. The van der Waals surface area contributed by atoms with Crippen molar-refractivity contribution in [3.63, 3.8) is 0 Å². The van der Waals surface area contributed by atoms with Gasteiger partial charge >= 0.3 is 6.03 Å². The average Bonchev–Trinajstić information content (AvgIpc) is 3.21. The third kappa shape index (κ3) is 1.79. The van der Waals surface area contributed by atoms with E-state index in [-0.39, 0.29) is 18.1 Å². The summed E-state index contributed by atoms with van der Waals surface area (Å²) in [5, 5.41) is 4.72. The molecule has 3 aliphatic heterocycles. The lowest BCUT2D eigenvalue weighted by Gasteiger charge is -2.29. The molecule has 2 atom stereocenters. The van der Waals surface area contributed by atoms with Gasteiger partial charge in [0.15, 0.2) is 0 Å². The minimum atomic E-state index is -0.213. The molecule has 4 heterocycles. The van der Waals surface area contributed by atoms with Gasteiger partial charge in [0, 0.05) is 6.54 Å². The lowest BCUT2D eigenvalue weighted by Crippen LogP contribution is -2.42. The molecular weight excluding hydrogens is 290 g/mol. The first kappa shape index (κ1) is 12.8. The fraction of sp³-hybridized carbons (Fsp3) is 0.462. The number of amidine groups is 1. The van der Waals surface area contributed by atoms with E-state index in [2.05, 4.69) is 21.9 Å². The van der Waals surface area contributed by atoms with E-state index in [0.717, 1.165) is 29.5 Å². The molecule has 8 heteroatoms. The molecule has 7 nitrogen and oxygen atoms in total. The van der Waals surface area contributed by atoms with Crippen molar-refractivity contribution in [2.75, 3.05) is 26.2 Å². The summed E-state index contributed by atoms with van der Waals surface area (Å²) < 4.78 is 0. The molecule has 3 aliphatic rings. The van der Waals surface area contributed by atoms with Gasteiger partial charge in [-0.15, -0.1) is 17.9 Å². The largest absolute Gasteiger partial charge is 0.370 e. The van der Waals surface area contributed by atoms with E-state index in [0.29, 0.717) is 13.2 Å². The number of amides is 2. The maximum Gasteiger partial charge on any atom is 0.345 e. The van der Waals surface area contributed by atoms with Crippen molar-refractivity contribution in [3.05, 3.63) is 28.7 Å². The van der Waals surface area contributed by atoms with Gasteiger partial charge in [-0.25, -0.2) is 9.78 Å². The van der Waals surface area contributed by atoms with E-state index < -0.39 is 0 Å². The summed E-state index contributed by atoms with van der Waals surface area (Å²) in [7, 11) is 0. The summed E-state index contributed by atoms with van der Waals surface area (Å²) in [5.74, 6) is 0.833. The molecule has 2 amide bonds. The molecule has 0 aliphatic carbocycles. The van der Waals surface area contributed by atoms with Crippen LogP contribution in [0.5, 0.6) is 0 Å². The van der Waals surface area contributed by atoms with Crippen LogP contribution in [-0.4, -0.2) is 53.1 Å². The van der Waals surface area contributed by atoms with Crippen LogP contribution in [0.15, 0.2) is 23.2 Å². The minimum absolute atomic E-state index is 0.0850. The van der Waals surface area contributed by atoms with Gasteiger partial charge in [-0.2, -0.15) is 5.06 Å². The number of rotatable bonds is 4. The molecule has 0 radical (unpaired) electrons. The smallest absolute Gasteiger partial charge is 0.345 e. The standard InChI is InChI=1S/C13H15N5O2S/c1-2-5-20-18-8-6-17(13(18)19)10(12-14-3-4-15-12)9-11(8)21-7-16-9/h2,7-8,10H,1,3-6H2,(H,14,15)/t8-,10?/m0/s1. The van der Waals surface area contributed by atoms with E-state index in [1.165, 1.54) is 5.06 Å². The molecule has 0 aromatic carbocycles. The first-order valence-corrected chi connectivity index (χ1v) is 7.74. The molecule has 110 valence electrons. The maximum atomic E-state index is 12.6. The van der Waals surface area contributed by atoms with Crippen LogP contribution < -0.4 is 5.32 Å². The van der Waals surface area contributed by atoms with Crippen molar-refractivity contribution >= 4 is 23.2 Å². The van der Waals surface area contributed by atoms with Crippen LogP contribution in [0.3, 0.4) is 0 Å². The van der Waals surface area contributed by atoms with Crippen molar-refractivity contribution in [2.45, 2.75) is 12.1 Å². The first-order valence-electron chi connectivity index (χ1n) is 6.86. The summed E-state index contributed by atoms with van der Waals surface area (Å²) in [6.45, 7) is 6.11. The van der Waals surface area contributed by atoms with E-state index in [9.17, 15) is 4.79 Å². The Morgan fingerprint density at radius 3 is 3.29 bits per heavy atom. The van der Waals surface area contributed by atoms with Gasteiger partial charge in [-0.3, -0.25) is 9.83 Å². The maximum absolute atomic E-state index is 12.6. The van der Waals surface area contributed by atoms with Crippen molar-refractivity contribution in [3.8, 4) is 0 Å². The molecule has 1 saturated heterocycles. The average molecular weight is 305 g/mol. The Balaban J connectivity index is 1.74. The van der Waals surface area contributed by atoms with Gasteiger partial charge in [0.2, 0.25) is 0 Å². The molecule has 2 bridgehead atoms. The topological polar surface area (TPSA) is 70.1 Å². The van der Waals surface area contributed by atoms with Gasteiger partial charge in [0.1, 0.15) is 17.9 Å². The predicted molar refractivity (Wildman–Crippen MR) is 78.0 cm³/mol. The quantitative estimate of drug-likeness (QED) is 0.846. The highest BCUT2D eigenvalue weighted by Gasteiger charge is 2.51. The van der Waals surface area contributed by atoms with Crippen LogP contribution in [0.1, 0.15) is 22.7 Å². The molecule has 0 saturated carbocycles. The van der Waals surface area contributed by atoms with E-state index in [1.54, 1.807) is 22.3 Å². The Labute approximate surface area is 125 Å². The molecule has 1 aromatic rings. The minimum Gasteiger partial charge on any atom is -0.370 e. The van der Waals surface area contributed by atoms with Crippen LogP contribution in [0, 0.1) is 0 Å². The third-order valence-corrected chi connectivity index (χ3v) is 4.82. The Bertz CT molecular complexity index is 628. The van der Waals surface area contributed by atoms with Gasteiger partial charge in [-0.1, -0.05) is 6.08 Å². The molecule has 4 rings (SSSR count). The second-order valence-corrected chi connectivity index (χ2v) is 5.95. The Hall–Kier alpha value is -1.93. The molecule has 0 spiro atoms. The first-order chi connectivity index (χ1) is 10.3. The number of urea groups is 1. The van der Waals surface area contributed by atoms with Gasteiger partial charge < -0.3 is 10.2 Å². The fourth-order valence-electron chi connectivity index (χ4n) is 3.02. The van der Waals surface area contributed by atoms with E-state index in [1.807, 2.05) is 5.51 Å². The number of hydroxylamine groups is 2. The molecule has 1 N–H and O–H groups in total. The second-order valence-electron chi connectivity index (χ2n) is 5.06. The Morgan fingerprint density at radius 1 is 1.62 bits per heavy atom. The summed E-state index contributed by atoms with van der Waals surface area (Å²) in [6.07, 6.45) is 1.64. The number of hydrogen-bond donors (Lipinski definition) is 1. The fourth-order valence-corrected chi connectivity index (χ4v) is 3.92. The highest BCUT2D eigenvalue weighted by Crippen LogP contribution is 2.45. The zero-order valence-corrected chi connectivity index (χ0v) is 12.2. The van der Waals surface area contributed by atoms with Gasteiger partial charge in [0.05, 0.1) is 35.8 Å². The van der Waals surface area contributed by atoms with Crippen LogP contribution in [0.4, 0.5) is 4.79 Å². The molecule has 1 aromatic heterocycles. The van der Waals surface area contributed by atoms with Crippen molar-refractivity contribution in [1.29, 1.82) is 0 Å². The summed E-state index contributed by atoms with van der Waals surface area (Å²) >= 11 is 1.57. The number of hydrogen-bond acceptors (Lipinski definition) is 6. The van der Waals surface area contributed by atoms with Crippen molar-refractivity contribution in [1.82, 2.24) is 20.3 Å². The monoisotopic (exact) mass is 305 g/mol. The lowest BCUT2D eigenvalue weighted by atomic mass is 10.0. The highest BCUT2D eigenvalue weighted by molar-refractivity contribution is 7.09. The number of carbonyl (C=O) groups excluding carboxylic acids is 1. The molecular formula is C13H15N5O2S. The summed E-state index contributed by atoms with van der Waals surface area (Å²) in [4.78, 5) is 30.0. The highest BCUT2D eigenvalue weighted by atomic mass is 32.1. The number of aromatic nitrogens is 1. The number of carbonyl (C=O) groups is 1. The lowest BCUT2D eigenvalue weighted by molar-refractivity contribution is -0.118. The van der Waals surface area contributed by atoms with Crippen LogP contribution in [-0.2, 0) is 4.84 Å². The summed E-state index contributed by atoms with van der Waals surface area (Å²) in [6, 6.07) is -0.429. The number of fused-ring (bicyclic) bond motifs is 4. The normalized spacial score (nSPS) is 26.7. The number of thiazole rings is 1. The van der Waals surface area contributed by atoms with Crippen LogP contribution in [0.25, 0.3) is 0 Å². The summed E-state index contributed by atoms with van der Waals surface area (Å²) in [5.41, 5.74) is 2.74. The number of nitrogens with one attached hydrogen (secondary N) is 1. The molecule has 1 unspecified atom stereocenters. The van der Waals surface area contributed by atoms with E-state index in [4.69, 9.17) is 4.84 Å².